The fraction of sp³-hybridized carbons (Fsp3) is 0.647. The maximum atomic E-state index is 6.55. The van der Waals surface area contributed by atoms with Gasteiger partial charge in [0, 0.05) is 16.4 Å². The Bertz CT molecular complexity index is 515. The van der Waals surface area contributed by atoms with Gasteiger partial charge in [0.25, 0.3) is 0 Å². The van der Waals surface area contributed by atoms with Crippen molar-refractivity contribution in [3.8, 4) is 5.75 Å². The van der Waals surface area contributed by atoms with Crippen LogP contribution < -0.4 is 10.1 Å². The Morgan fingerprint density at radius 1 is 1.20 bits per heavy atom. The van der Waals surface area contributed by atoms with Crippen molar-refractivity contribution in [3.63, 3.8) is 0 Å². The van der Waals surface area contributed by atoms with Gasteiger partial charge in [-0.15, -0.1) is 0 Å². The van der Waals surface area contributed by atoms with Gasteiger partial charge in [-0.2, -0.15) is 0 Å². The van der Waals surface area contributed by atoms with E-state index >= 15 is 0 Å². The summed E-state index contributed by atoms with van der Waals surface area (Å²) >= 11 is 3.54. The normalized spacial score (nSPS) is 41.9. The van der Waals surface area contributed by atoms with E-state index in [0.29, 0.717) is 5.54 Å². The molecule has 0 heterocycles. The predicted molar refractivity (Wildman–Crippen MR) is 84.0 cm³/mol. The van der Waals surface area contributed by atoms with Crippen molar-refractivity contribution < 1.29 is 4.74 Å². The molecule has 4 aliphatic rings. The highest BCUT2D eigenvalue weighted by Crippen LogP contribution is 2.58. The van der Waals surface area contributed by atoms with Crippen LogP contribution in [0.15, 0.2) is 28.7 Å². The zero-order valence-corrected chi connectivity index (χ0v) is 13.6. The summed E-state index contributed by atoms with van der Waals surface area (Å²) in [5.74, 6) is 2.74. The van der Waals surface area contributed by atoms with E-state index in [1.54, 1.807) is 0 Å². The number of rotatable bonds is 3. The third-order valence-electron chi connectivity index (χ3n) is 5.67. The van der Waals surface area contributed by atoms with Gasteiger partial charge < -0.3 is 10.1 Å². The van der Waals surface area contributed by atoms with Crippen molar-refractivity contribution in [1.29, 1.82) is 0 Å². The van der Waals surface area contributed by atoms with E-state index < -0.39 is 0 Å². The van der Waals surface area contributed by atoms with E-state index in [-0.39, 0.29) is 5.60 Å². The highest BCUT2D eigenvalue weighted by molar-refractivity contribution is 9.10. The highest BCUT2D eigenvalue weighted by Gasteiger charge is 2.58. The summed E-state index contributed by atoms with van der Waals surface area (Å²) in [5, 5.41) is 3.64. The molecule has 20 heavy (non-hydrogen) atoms. The summed E-state index contributed by atoms with van der Waals surface area (Å²) in [6.07, 6.45) is 7.80. The summed E-state index contributed by atoms with van der Waals surface area (Å²) in [4.78, 5) is 0. The van der Waals surface area contributed by atoms with Crippen LogP contribution in [0.1, 0.15) is 38.5 Å². The average Bonchev–Trinajstić information content (AvgIpc) is 2.36. The second-order valence-corrected chi connectivity index (χ2v) is 8.15. The number of nitrogens with one attached hydrogen (secondary N) is 1. The zero-order valence-electron chi connectivity index (χ0n) is 12.0. The molecule has 3 heteroatoms. The van der Waals surface area contributed by atoms with Crippen molar-refractivity contribution in [2.24, 2.45) is 11.8 Å². The molecule has 0 amide bonds. The quantitative estimate of drug-likeness (QED) is 0.896. The second-order valence-electron chi connectivity index (χ2n) is 7.23. The monoisotopic (exact) mass is 335 g/mol. The molecular formula is C17H22BrNO. The number of hydrogen-bond donors (Lipinski definition) is 1. The number of hydrogen-bond acceptors (Lipinski definition) is 2. The molecule has 0 aliphatic heterocycles. The minimum atomic E-state index is 0.0773. The fourth-order valence-corrected chi connectivity index (χ4v) is 5.75. The summed E-state index contributed by atoms with van der Waals surface area (Å²) < 4.78 is 7.65. The van der Waals surface area contributed by atoms with Gasteiger partial charge in [-0.1, -0.05) is 22.0 Å². The van der Waals surface area contributed by atoms with E-state index in [4.69, 9.17) is 4.74 Å². The molecule has 4 fully saturated rings. The summed E-state index contributed by atoms with van der Waals surface area (Å²) in [6, 6.07) is 8.31. The molecule has 5 rings (SSSR count). The van der Waals surface area contributed by atoms with Crippen molar-refractivity contribution >= 4 is 15.9 Å². The predicted octanol–water partition coefficient (Wildman–Crippen LogP) is 4.14. The van der Waals surface area contributed by atoms with E-state index in [9.17, 15) is 0 Å². The summed E-state index contributed by atoms with van der Waals surface area (Å²) in [6.45, 7) is 0. The maximum absolute atomic E-state index is 6.55. The molecule has 2 atom stereocenters. The topological polar surface area (TPSA) is 21.3 Å². The lowest BCUT2D eigenvalue weighted by Crippen LogP contribution is -2.65. The molecule has 0 spiro atoms. The molecule has 2 nitrogen and oxygen atoms in total. The van der Waals surface area contributed by atoms with Crippen molar-refractivity contribution in [1.82, 2.24) is 5.32 Å². The van der Waals surface area contributed by atoms with Crippen LogP contribution in [0.4, 0.5) is 0 Å². The van der Waals surface area contributed by atoms with Gasteiger partial charge >= 0.3 is 0 Å². The van der Waals surface area contributed by atoms with Crippen LogP contribution in [0.2, 0.25) is 0 Å². The third-order valence-corrected chi connectivity index (χ3v) is 6.16. The Morgan fingerprint density at radius 3 is 2.60 bits per heavy atom. The van der Waals surface area contributed by atoms with Crippen LogP contribution in [0, 0.1) is 11.8 Å². The van der Waals surface area contributed by atoms with Crippen molar-refractivity contribution in [2.75, 3.05) is 7.05 Å². The molecule has 4 bridgehead atoms. The Morgan fingerprint density at radius 2 is 1.95 bits per heavy atom. The Labute approximate surface area is 129 Å². The smallest absolute Gasteiger partial charge is 0.121 e. The van der Waals surface area contributed by atoms with Gasteiger partial charge in [0.15, 0.2) is 0 Å². The van der Waals surface area contributed by atoms with E-state index in [1.807, 2.05) is 0 Å². The lowest BCUT2D eigenvalue weighted by Gasteiger charge is -2.61. The molecular weight excluding hydrogens is 314 g/mol. The van der Waals surface area contributed by atoms with Crippen LogP contribution in [-0.2, 0) is 0 Å². The number of benzene rings is 1. The molecule has 108 valence electrons. The van der Waals surface area contributed by atoms with Crippen LogP contribution >= 0.6 is 15.9 Å². The number of halogens is 1. The van der Waals surface area contributed by atoms with Crippen LogP contribution in [0.3, 0.4) is 0 Å². The Kier molecular flexibility index (Phi) is 2.94. The molecule has 0 saturated heterocycles. The molecule has 4 saturated carbocycles. The zero-order chi connectivity index (χ0) is 13.8. The standard InChI is InChI=1S/C17H22BrNO/c1-19-16-7-12-5-13(8-16)10-17(9-12,11-16)20-15-4-2-3-14(18)6-15/h2-4,6,12-13,19H,5,7-11H2,1H3. The Hall–Kier alpha value is -0.540. The van der Waals surface area contributed by atoms with Crippen molar-refractivity contribution in [3.05, 3.63) is 28.7 Å². The molecule has 0 radical (unpaired) electrons. The fourth-order valence-electron chi connectivity index (χ4n) is 5.37. The number of ether oxygens (including phenoxy) is 1. The first-order chi connectivity index (χ1) is 9.60. The van der Waals surface area contributed by atoms with Gasteiger partial charge in [0.1, 0.15) is 11.4 Å². The molecule has 0 aromatic heterocycles. The molecule has 1 aromatic carbocycles. The van der Waals surface area contributed by atoms with Gasteiger partial charge in [0.2, 0.25) is 0 Å². The van der Waals surface area contributed by atoms with Crippen LogP contribution in [0.25, 0.3) is 0 Å². The van der Waals surface area contributed by atoms with E-state index in [2.05, 4.69) is 52.6 Å². The molecule has 1 aromatic rings. The minimum absolute atomic E-state index is 0.0773. The second kappa shape index (κ2) is 4.48. The maximum Gasteiger partial charge on any atom is 0.121 e. The average molecular weight is 336 g/mol. The lowest BCUT2D eigenvalue weighted by molar-refractivity contribution is -0.125. The SMILES string of the molecule is CNC12CC3CC(C1)CC(Oc1cccc(Br)c1)(C3)C2. The summed E-state index contributed by atoms with van der Waals surface area (Å²) in [7, 11) is 2.14. The van der Waals surface area contributed by atoms with E-state index in [1.165, 1.54) is 38.5 Å². The first kappa shape index (κ1) is 13.1. The van der Waals surface area contributed by atoms with Gasteiger partial charge in [-0.25, -0.2) is 0 Å². The highest BCUT2D eigenvalue weighted by atomic mass is 79.9. The summed E-state index contributed by atoms with van der Waals surface area (Å²) in [5.41, 5.74) is 0.421. The first-order valence-electron chi connectivity index (χ1n) is 7.74. The van der Waals surface area contributed by atoms with Crippen LogP contribution in [0.5, 0.6) is 5.75 Å². The lowest BCUT2D eigenvalue weighted by atomic mass is 9.51. The molecule has 1 N–H and O–H groups in total. The minimum Gasteiger partial charge on any atom is -0.487 e. The largest absolute Gasteiger partial charge is 0.487 e. The van der Waals surface area contributed by atoms with Gasteiger partial charge in [0.05, 0.1) is 0 Å². The van der Waals surface area contributed by atoms with Gasteiger partial charge in [-0.05, 0) is 69.2 Å². The van der Waals surface area contributed by atoms with Crippen LogP contribution in [-0.4, -0.2) is 18.2 Å². The van der Waals surface area contributed by atoms with E-state index in [0.717, 1.165) is 22.1 Å². The first-order valence-corrected chi connectivity index (χ1v) is 8.53. The Balaban J connectivity index is 1.64. The molecule has 2 unspecified atom stereocenters. The third kappa shape index (κ3) is 2.10. The molecule has 4 aliphatic carbocycles. The van der Waals surface area contributed by atoms with Crippen molar-refractivity contribution in [2.45, 2.75) is 49.7 Å². The van der Waals surface area contributed by atoms with Gasteiger partial charge in [-0.3, -0.25) is 0 Å².